The molecule has 4 rings (SSSR count). The first-order valence-corrected chi connectivity index (χ1v) is 14.9. The number of sulfone groups is 1. The maximum atomic E-state index is 14.5. The zero-order chi connectivity index (χ0) is 29.2. The first kappa shape index (κ1) is 29.0. The van der Waals surface area contributed by atoms with Crippen LogP contribution in [-0.4, -0.2) is 56.1 Å². The molecule has 2 atom stereocenters. The van der Waals surface area contributed by atoms with E-state index in [1.807, 2.05) is 0 Å². The number of carbonyl (C=O) groups excluding carboxylic acids is 2. The van der Waals surface area contributed by atoms with Gasteiger partial charge in [0.2, 0.25) is 15.9 Å². The number of piperidine rings is 1. The molecule has 1 aliphatic rings. The maximum Gasteiger partial charge on any atom is 0.269 e. The lowest BCUT2D eigenvalue weighted by Gasteiger charge is -2.35. The number of non-ortho nitro benzene ring substituents is 1. The summed E-state index contributed by atoms with van der Waals surface area (Å²) in [7, 11) is -9.03. The van der Waals surface area contributed by atoms with Crippen LogP contribution in [0, 0.1) is 21.8 Å². The number of Topliss-reactive ketones (excluding diaryl/α,β-unsaturated/α-hetero) is 1. The van der Waals surface area contributed by atoms with Crippen molar-refractivity contribution < 1.29 is 35.7 Å². The summed E-state index contributed by atoms with van der Waals surface area (Å²) >= 11 is 0. The second kappa shape index (κ2) is 11.2. The Labute approximate surface area is 229 Å². The normalized spacial score (nSPS) is 18.3. The highest BCUT2D eigenvalue weighted by Crippen LogP contribution is 2.31. The summed E-state index contributed by atoms with van der Waals surface area (Å²) in [4.78, 5) is 34.5. The standard InChI is InChI=1S/C26H24FN3O8S2/c1-17(31)28-20-9-11-22(12-10-20)40(37,38)29-15-19(13-18-5-4-6-21(14-18)30(33)34)26(32)25(16-29)39(35,36)24-8-3-2-7-23(24)27/h2-12,14,19,25H,13,15-16H2,1H3,(H,28,31). The molecule has 0 radical (unpaired) electrons. The highest BCUT2D eigenvalue weighted by atomic mass is 32.2. The summed E-state index contributed by atoms with van der Waals surface area (Å²) in [6.45, 7) is 0.129. The van der Waals surface area contributed by atoms with E-state index in [9.17, 15) is 40.9 Å². The number of anilines is 1. The SMILES string of the molecule is CC(=O)Nc1ccc(S(=O)(=O)N2CC(Cc3cccc([N+](=O)[O-])c3)C(=O)C(S(=O)(=O)c3ccccc3F)C2)cc1. The minimum Gasteiger partial charge on any atom is -0.326 e. The number of nitrogens with one attached hydrogen (secondary N) is 1. The highest BCUT2D eigenvalue weighted by Gasteiger charge is 2.47. The van der Waals surface area contributed by atoms with Crippen molar-refractivity contribution >= 4 is 42.9 Å². The Balaban J connectivity index is 1.75. The van der Waals surface area contributed by atoms with Crippen LogP contribution in [0.3, 0.4) is 0 Å². The molecule has 1 heterocycles. The van der Waals surface area contributed by atoms with Gasteiger partial charge in [0, 0.05) is 43.8 Å². The van der Waals surface area contributed by atoms with E-state index in [4.69, 9.17) is 0 Å². The Bertz CT molecular complexity index is 1690. The monoisotopic (exact) mass is 589 g/mol. The van der Waals surface area contributed by atoms with E-state index in [1.54, 1.807) is 0 Å². The fourth-order valence-electron chi connectivity index (χ4n) is 4.53. The molecule has 0 aliphatic carbocycles. The van der Waals surface area contributed by atoms with E-state index >= 15 is 0 Å². The number of amides is 1. The van der Waals surface area contributed by atoms with Gasteiger partial charge in [0.05, 0.1) is 9.82 Å². The quantitative estimate of drug-likeness (QED) is 0.310. The maximum absolute atomic E-state index is 14.5. The summed E-state index contributed by atoms with van der Waals surface area (Å²) in [5.74, 6) is -3.47. The average molecular weight is 590 g/mol. The molecule has 1 aliphatic heterocycles. The molecule has 0 spiro atoms. The van der Waals surface area contributed by atoms with Crippen LogP contribution in [0.4, 0.5) is 15.8 Å². The number of ketones is 1. The summed E-state index contributed by atoms with van der Waals surface area (Å²) < 4.78 is 69.6. The first-order valence-electron chi connectivity index (χ1n) is 11.9. The number of nitro groups is 1. The molecule has 1 fully saturated rings. The molecule has 1 saturated heterocycles. The van der Waals surface area contributed by atoms with Crippen LogP contribution < -0.4 is 5.32 Å². The molecule has 1 amide bonds. The summed E-state index contributed by atoms with van der Waals surface area (Å²) in [5.41, 5.74) is 0.414. The number of hydrogen-bond acceptors (Lipinski definition) is 8. The molecule has 40 heavy (non-hydrogen) atoms. The topological polar surface area (TPSA) is 161 Å². The van der Waals surface area contributed by atoms with Gasteiger partial charge in [0.1, 0.15) is 16.0 Å². The Hall–Kier alpha value is -4.01. The van der Waals surface area contributed by atoms with Crippen molar-refractivity contribution in [2.24, 2.45) is 5.92 Å². The van der Waals surface area contributed by atoms with Crippen LogP contribution in [0.5, 0.6) is 0 Å². The zero-order valence-electron chi connectivity index (χ0n) is 21.1. The summed E-state index contributed by atoms with van der Waals surface area (Å²) in [6, 6.07) is 15.1. The van der Waals surface area contributed by atoms with Gasteiger partial charge in [-0.3, -0.25) is 19.7 Å². The van der Waals surface area contributed by atoms with Crippen LogP contribution in [0.25, 0.3) is 0 Å². The van der Waals surface area contributed by atoms with Crippen LogP contribution in [-0.2, 0) is 35.9 Å². The molecule has 11 nitrogen and oxygen atoms in total. The van der Waals surface area contributed by atoms with Gasteiger partial charge in [0.25, 0.3) is 5.69 Å². The average Bonchev–Trinajstić information content (AvgIpc) is 2.90. The molecule has 210 valence electrons. The number of hydrogen-bond donors (Lipinski definition) is 1. The van der Waals surface area contributed by atoms with Gasteiger partial charge in [0.15, 0.2) is 15.6 Å². The third-order valence-corrected chi connectivity index (χ3v) is 10.4. The predicted molar refractivity (Wildman–Crippen MR) is 142 cm³/mol. The van der Waals surface area contributed by atoms with Crippen LogP contribution in [0.15, 0.2) is 82.6 Å². The van der Waals surface area contributed by atoms with Crippen molar-refractivity contribution in [2.45, 2.75) is 28.4 Å². The number of sulfonamides is 1. The van der Waals surface area contributed by atoms with Gasteiger partial charge < -0.3 is 5.32 Å². The van der Waals surface area contributed by atoms with Gasteiger partial charge in [-0.15, -0.1) is 0 Å². The molecule has 2 unspecified atom stereocenters. The van der Waals surface area contributed by atoms with Crippen LogP contribution in [0.2, 0.25) is 0 Å². The highest BCUT2D eigenvalue weighted by molar-refractivity contribution is 7.93. The Morgan fingerprint density at radius 2 is 1.70 bits per heavy atom. The van der Waals surface area contributed by atoms with Gasteiger partial charge >= 0.3 is 0 Å². The van der Waals surface area contributed by atoms with Crippen molar-refractivity contribution in [2.75, 3.05) is 18.4 Å². The minimum absolute atomic E-state index is 0.183. The number of rotatable bonds is 8. The predicted octanol–water partition coefficient (Wildman–Crippen LogP) is 2.97. The smallest absolute Gasteiger partial charge is 0.269 e. The molecule has 3 aromatic carbocycles. The molecule has 3 aromatic rings. The third-order valence-electron chi connectivity index (χ3n) is 6.45. The fourth-order valence-corrected chi connectivity index (χ4v) is 7.92. The zero-order valence-corrected chi connectivity index (χ0v) is 22.7. The largest absolute Gasteiger partial charge is 0.326 e. The van der Waals surface area contributed by atoms with Crippen molar-refractivity contribution in [3.8, 4) is 0 Å². The van der Waals surface area contributed by atoms with Crippen LogP contribution >= 0.6 is 0 Å². The number of carbonyl (C=O) groups is 2. The molecular formula is C26H24FN3O8S2. The van der Waals surface area contributed by atoms with Crippen molar-refractivity contribution in [1.82, 2.24) is 4.31 Å². The molecule has 0 bridgehead atoms. The second-order valence-corrected chi connectivity index (χ2v) is 13.3. The Kier molecular flexibility index (Phi) is 8.14. The van der Waals surface area contributed by atoms with E-state index in [1.165, 1.54) is 67.6 Å². The Morgan fingerprint density at radius 3 is 2.33 bits per heavy atom. The molecular weight excluding hydrogens is 565 g/mol. The van der Waals surface area contributed by atoms with E-state index in [2.05, 4.69) is 5.32 Å². The van der Waals surface area contributed by atoms with Gasteiger partial charge in [-0.05, 0) is 48.4 Å². The van der Waals surface area contributed by atoms with E-state index in [0.717, 1.165) is 16.4 Å². The fraction of sp³-hybridized carbons (Fsp3) is 0.231. The number of benzene rings is 3. The first-order chi connectivity index (χ1) is 18.8. The second-order valence-electron chi connectivity index (χ2n) is 9.22. The Morgan fingerprint density at radius 1 is 1.02 bits per heavy atom. The van der Waals surface area contributed by atoms with Crippen molar-refractivity contribution in [3.05, 3.63) is 94.3 Å². The third kappa shape index (κ3) is 5.93. The van der Waals surface area contributed by atoms with E-state index in [-0.39, 0.29) is 22.9 Å². The van der Waals surface area contributed by atoms with Crippen molar-refractivity contribution in [1.29, 1.82) is 0 Å². The lowest BCUT2D eigenvalue weighted by molar-refractivity contribution is -0.384. The lowest BCUT2D eigenvalue weighted by Crippen LogP contribution is -2.55. The minimum atomic E-state index is -4.67. The molecule has 14 heteroatoms. The van der Waals surface area contributed by atoms with Gasteiger partial charge in [-0.1, -0.05) is 24.3 Å². The van der Waals surface area contributed by atoms with Crippen LogP contribution in [0.1, 0.15) is 12.5 Å². The summed E-state index contributed by atoms with van der Waals surface area (Å²) in [5, 5.41) is 11.8. The molecule has 0 saturated carbocycles. The van der Waals surface area contributed by atoms with E-state index in [0.29, 0.717) is 11.3 Å². The summed E-state index contributed by atoms with van der Waals surface area (Å²) in [6.07, 6.45) is -0.183. The van der Waals surface area contributed by atoms with Gasteiger partial charge in [-0.2, -0.15) is 4.31 Å². The lowest BCUT2D eigenvalue weighted by atomic mass is 9.90. The van der Waals surface area contributed by atoms with Gasteiger partial charge in [-0.25, -0.2) is 21.2 Å². The molecule has 0 aromatic heterocycles. The van der Waals surface area contributed by atoms with E-state index < -0.39 is 65.5 Å². The molecule has 1 N–H and O–H groups in total. The number of halogens is 1. The number of nitro benzene ring substituents is 1. The van der Waals surface area contributed by atoms with Crippen molar-refractivity contribution in [3.63, 3.8) is 0 Å². The number of nitrogens with zero attached hydrogens (tertiary/aromatic N) is 2.